The second-order valence-corrected chi connectivity index (χ2v) is 7.30. The van der Waals surface area contributed by atoms with Crippen LogP contribution >= 0.6 is 11.3 Å². The summed E-state index contributed by atoms with van der Waals surface area (Å²) in [7, 11) is 0. The van der Waals surface area contributed by atoms with E-state index in [4.69, 9.17) is 0 Å². The largest absolute Gasteiger partial charge is 0.324 e. The van der Waals surface area contributed by atoms with Gasteiger partial charge >= 0.3 is 0 Å². The van der Waals surface area contributed by atoms with Crippen LogP contribution in [-0.2, 0) is 0 Å². The number of anilines is 2. The van der Waals surface area contributed by atoms with Gasteiger partial charge in [-0.2, -0.15) is 0 Å². The van der Waals surface area contributed by atoms with E-state index >= 15 is 0 Å². The fraction of sp³-hybridized carbons (Fsp3) is 0.0952. The summed E-state index contributed by atoms with van der Waals surface area (Å²) < 4.78 is 0. The summed E-state index contributed by atoms with van der Waals surface area (Å²) in [5, 5.41) is 4.20. The first-order valence-electron chi connectivity index (χ1n) is 8.38. The Labute approximate surface area is 156 Å². The van der Waals surface area contributed by atoms with Gasteiger partial charge in [0.2, 0.25) is 5.95 Å². The topological polar surface area (TPSA) is 50.7 Å². The molecule has 2 aromatic carbocycles. The molecule has 4 rings (SSSR count). The van der Waals surface area contributed by atoms with Crippen molar-refractivity contribution < 1.29 is 0 Å². The van der Waals surface area contributed by atoms with Crippen molar-refractivity contribution >= 4 is 23.0 Å². The molecule has 128 valence electrons. The molecule has 4 aromatic rings. The fourth-order valence-electron chi connectivity index (χ4n) is 2.82. The maximum atomic E-state index is 4.59. The van der Waals surface area contributed by atoms with E-state index in [2.05, 4.69) is 69.7 Å². The lowest BCUT2D eigenvalue weighted by molar-refractivity contribution is 1.16. The SMILES string of the molecule is Cc1cnc(-c2ccnc(Nc3ccc(-c4ccccc4)c(C)c3)n2)s1. The van der Waals surface area contributed by atoms with E-state index in [1.807, 2.05) is 25.3 Å². The van der Waals surface area contributed by atoms with Crippen molar-refractivity contribution in [2.24, 2.45) is 0 Å². The molecule has 0 unspecified atom stereocenters. The molecule has 0 saturated heterocycles. The summed E-state index contributed by atoms with van der Waals surface area (Å²) in [4.78, 5) is 14.5. The zero-order valence-electron chi connectivity index (χ0n) is 14.6. The Hall–Kier alpha value is -3.05. The molecule has 0 saturated carbocycles. The van der Waals surface area contributed by atoms with Gasteiger partial charge in [-0.05, 0) is 48.7 Å². The zero-order chi connectivity index (χ0) is 17.9. The molecule has 0 atom stereocenters. The van der Waals surface area contributed by atoms with Crippen molar-refractivity contribution in [2.75, 3.05) is 5.32 Å². The Kier molecular flexibility index (Phi) is 4.46. The predicted octanol–water partition coefficient (Wildman–Crippen LogP) is 5.63. The maximum absolute atomic E-state index is 4.59. The van der Waals surface area contributed by atoms with E-state index in [-0.39, 0.29) is 0 Å². The molecule has 0 aliphatic carbocycles. The maximum Gasteiger partial charge on any atom is 0.227 e. The van der Waals surface area contributed by atoms with Crippen molar-refractivity contribution in [3.05, 3.63) is 77.4 Å². The molecule has 0 amide bonds. The van der Waals surface area contributed by atoms with Crippen LogP contribution in [0.2, 0.25) is 0 Å². The van der Waals surface area contributed by atoms with Crippen LogP contribution in [0.3, 0.4) is 0 Å². The molecule has 4 nitrogen and oxygen atoms in total. The molecule has 0 bridgehead atoms. The van der Waals surface area contributed by atoms with Crippen LogP contribution in [-0.4, -0.2) is 15.0 Å². The normalized spacial score (nSPS) is 10.7. The second kappa shape index (κ2) is 7.06. The standard InChI is InChI=1S/C21H18N4S/c1-14-12-17(8-9-18(14)16-6-4-3-5-7-16)24-21-22-11-10-19(25-21)20-23-13-15(2)26-20/h3-13H,1-2H3,(H,22,24,25). The minimum absolute atomic E-state index is 0.571. The number of thiazole rings is 1. The Morgan fingerprint density at radius 1 is 0.923 bits per heavy atom. The lowest BCUT2D eigenvalue weighted by atomic mass is 10.0. The van der Waals surface area contributed by atoms with Gasteiger partial charge < -0.3 is 5.32 Å². The van der Waals surface area contributed by atoms with Crippen molar-refractivity contribution in [3.8, 4) is 21.8 Å². The molecular formula is C21H18N4S. The molecule has 0 aliphatic rings. The molecular weight excluding hydrogens is 340 g/mol. The third kappa shape index (κ3) is 3.48. The Morgan fingerprint density at radius 2 is 1.77 bits per heavy atom. The van der Waals surface area contributed by atoms with Crippen molar-refractivity contribution in [3.63, 3.8) is 0 Å². The molecule has 2 heterocycles. The molecule has 26 heavy (non-hydrogen) atoms. The van der Waals surface area contributed by atoms with E-state index in [1.54, 1.807) is 17.5 Å². The van der Waals surface area contributed by atoms with Gasteiger partial charge in [0, 0.05) is 23.0 Å². The first-order valence-corrected chi connectivity index (χ1v) is 9.19. The molecule has 0 fully saturated rings. The van der Waals surface area contributed by atoms with Crippen LogP contribution in [0.4, 0.5) is 11.6 Å². The smallest absolute Gasteiger partial charge is 0.227 e. The lowest BCUT2D eigenvalue weighted by Crippen LogP contribution is -1.98. The number of benzene rings is 2. The summed E-state index contributed by atoms with van der Waals surface area (Å²) in [5.41, 5.74) is 5.44. The predicted molar refractivity (Wildman–Crippen MR) is 108 cm³/mol. The highest BCUT2D eigenvalue weighted by Gasteiger charge is 2.07. The third-order valence-electron chi connectivity index (χ3n) is 4.06. The van der Waals surface area contributed by atoms with Gasteiger partial charge in [0.15, 0.2) is 0 Å². The third-order valence-corrected chi connectivity index (χ3v) is 5.00. The molecule has 0 spiro atoms. The summed E-state index contributed by atoms with van der Waals surface area (Å²) in [6.07, 6.45) is 3.62. The first kappa shape index (κ1) is 16.4. The second-order valence-electron chi connectivity index (χ2n) is 6.06. The van der Waals surface area contributed by atoms with Gasteiger partial charge in [0.05, 0.1) is 0 Å². The van der Waals surface area contributed by atoms with Gasteiger partial charge in [0.1, 0.15) is 10.7 Å². The minimum Gasteiger partial charge on any atom is -0.324 e. The van der Waals surface area contributed by atoms with Gasteiger partial charge in [-0.25, -0.2) is 15.0 Å². The summed E-state index contributed by atoms with van der Waals surface area (Å²) >= 11 is 1.63. The quantitative estimate of drug-likeness (QED) is 0.514. The van der Waals surface area contributed by atoms with Crippen molar-refractivity contribution in [2.45, 2.75) is 13.8 Å². The van der Waals surface area contributed by atoms with Crippen LogP contribution < -0.4 is 5.32 Å². The van der Waals surface area contributed by atoms with Gasteiger partial charge in [-0.3, -0.25) is 0 Å². The first-order chi connectivity index (χ1) is 12.7. The van der Waals surface area contributed by atoms with Crippen LogP contribution in [0.25, 0.3) is 21.8 Å². The van der Waals surface area contributed by atoms with Gasteiger partial charge in [-0.1, -0.05) is 36.4 Å². The van der Waals surface area contributed by atoms with E-state index in [0.29, 0.717) is 5.95 Å². The van der Waals surface area contributed by atoms with Gasteiger partial charge in [-0.15, -0.1) is 11.3 Å². The number of nitrogens with one attached hydrogen (secondary N) is 1. The Balaban J connectivity index is 1.59. The highest BCUT2D eigenvalue weighted by Crippen LogP contribution is 2.27. The van der Waals surface area contributed by atoms with Gasteiger partial charge in [0.25, 0.3) is 0 Å². The van der Waals surface area contributed by atoms with E-state index in [1.165, 1.54) is 21.6 Å². The number of rotatable bonds is 4. The van der Waals surface area contributed by atoms with Crippen LogP contribution in [0.15, 0.2) is 67.0 Å². The highest BCUT2D eigenvalue weighted by molar-refractivity contribution is 7.14. The average Bonchev–Trinajstić information content (AvgIpc) is 3.09. The van der Waals surface area contributed by atoms with E-state index < -0.39 is 0 Å². The van der Waals surface area contributed by atoms with E-state index in [9.17, 15) is 0 Å². The molecule has 0 aliphatic heterocycles. The Bertz CT molecular complexity index is 1040. The summed E-state index contributed by atoms with van der Waals surface area (Å²) in [5.74, 6) is 0.571. The average molecular weight is 358 g/mol. The number of hydrogen-bond acceptors (Lipinski definition) is 5. The Morgan fingerprint density at radius 3 is 2.50 bits per heavy atom. The number of nitrogens with zero attached hydrogens (tertiary/aromatic N) is 3. The lowest BCUT2D eigenvalue weighted by Gasteiger charge is -2.10. The molecule has 5 heteroatoms. The molecule has 0 radical (unpaired) electrons. The summed E-state index contributed by atoms with van der Waals surface area (Å²) in [6.45, 7) is 4.15. The van der Waals surface area contributed by atoms with Crippen molar-refractivity contribution in [1.82, 2.24) is 15.0 Å². The van der Waals surface area contributed by atoms with E-state index in [0.717, 1.165) is 16.4 Å². The number of hydrogen-bond donors (Lipinski definition) is 1. The van der Waals surface area contributed by atoms with Crippen LogP contribution in [0.5, 0.6) is 0 Å². The van der Waals surface area contributed by atoms with Crippen molar-refractivity contribution in [1.29, 1.82) is 0 Å². The number of aromatic nitrogens is 3. The monoisotopic (exact) mass is 358 g/mol. The fourth-order valence-corrected chi connectivity index (χ4v) is 3.56. The summed E-state index contributed by atoms with van der Waals surface area (Å²) in [6, 6.07) is 18.6. The zero-order valence-corrected chi connectivity index (χ0v) is 15.4. The minimum atomic E-state index is 0.571. The molecule has 2 aromatic heterocycles. The van der Waals surface area contributed by atoms with Crippen LogP contribution in [0.1, 0.15) is 10.4 Å². The highest BCUT2D eigenvalue weighted by atomic mass is 32.1. The van der Waals surface area contributed by atoms with Crippen LogP contribution in [0, 0.1) is 13.8 Å². The molecule has 1 N–H and O–H groups in total. The number of aryl methyl sites for hydroxylation is 2.